The maximum absolute atomic E-state index is 13.2. The van der Waals surface area contributed by atoms with Crippen molar-refractivity contribution in [3.05, 3.63) is 50.8 Å². The molecule has 0 aliphatic carbocycles. The number of carbonyl (C=O) groups excluding carboxylic acids is 1. The molecule has 5 nitrogen and oxygen atoms in total. The highest BCUT2D eigenvalue weighted by molar-refractivity contribution is 6.35. The predicted octanol–water partition coefficient (Wildman–Crippen LogP) is 4.25. The number of aryl methyl sites for hydroxylation is 1. The highest BCUT2D eigenvalue weighted by Gasteiger charge is 2.33. The molecule has 0 spiro atoms. The van der Waals surface area contributed by atoms with Crippen LogP contribution in [0.2, 0.25) is 10.0 Å². The van der Waals surface area contributed by atoms with Crippen molar-refractivity contribution in [2.75, 3.05) is 7.11 Å². The number of hydrogen-bond donors (Lipinski definition) is 1. The Kier molecular flexibility index (Phi) is 6.03. The van der Waals surface area contributed by atoms with Gasteiger partial charge < -0.3 is 10.5 Å². The zero-order valence-corrected chi connectivity index (χ0v) is 15.3. The number of halogens is 4. The van der Waals surface area contributed by atoms with Gasteiger partial charge in [0.15, 0.2) is 0 Å². The Hall–Kier alpha value is -1.70. The summed E-state index contributed by atoms with van der Waals surface area (Å²) in [7, 11) is 2.93. The van der Waals surface area contributed by atoms with Crippen LogP contribution in [0, 0.1) is 0 Å². The minimum absolute atomic E-state index is 0.251. The Bertz CT molecular complexity index is 796. The number of ether oxygens (including phenoxy) is 1. The summed E-state index contributed by atoms with van der Waals surface area (Å²) in [6, 6.07) is 4.88. The van der Waals surface area contributed by atoms with Gasteiger partial charge in [-0.05, 0) is 12.1 Å². The van der Waals surface area contributed by atoms with E-state index in [1.807, 2.05) is 0 Å². The second kappa shape index (κ2) is 7.68. The third kappa shape index (κ3) is 3.78. The molecule has 0 aliphatic heterocycles. The third-order valence-corrected chi connectivity index (χ3v) is 4.54. The van der Waals surface area contributed by atoms with Gasteiger partial charge in [0.2, 0.25) is 0 Å². The van der Waals surface area contributed by atoms with Crippen LogP contribution in [0.25, 0.3) is 0 Å². The second-order valence-electron chi connectivity index (χ2n) is 5.54. The monoisotopic (exact) mass is 391 g/mol. The summed E-state index contributed by atoms with van der Waals surface area (Å²) in [6.45, 7) is 1.72. The SMILES string of the molecule is CO[C@@H](c1ccc(Cl)cc1Cl)C(C)c1c(C(N)=O)c(C(F)F)nn1C. The number of nitrogens with zero attached hydrogens (tertiary/aromatic N) is 2. The van der Waals surface area contributed by atoms with E-state index < -0.39 is 30.0 Å². The van der Waals surface area contributed by atoms with Crippen molar-refractivity contribution in [1.82, 2.24) is 9.78 Å². The van der Waals surface area contributed by atoms with Crippen LogP contribution in [-0.4, -0.2) is 22.8 Å². The maximum Gasteiger partial charge on any atom is 0.282 e. The molecular weight excluding hydrogens is 375 g/mol. The zero-order valence-electron chi connectivity index (χ0n) is 13.8. The Morgan fingerprint density at radius 2 is 2.00 bits per heavy atom. The van der Waals surface area contributed by atoms with Crippen LogP contribution in [0.5, 0.6) is 0 Å². The molecule has 25 heavy (non-hydrogen) atoms. The number of primary amides is 1. The minimum atomic E-state index is -2.92. The summed E-state index contributed by atoms with van der Waals surface area (Å²) in [6.07, 6.45) is -3.54. The smallest absolute Gasteiger partial charge is 0.282 e. The summed E-state index contributed by atoms with van der Waals surface area (Å²) in [5.41, 5.74) is 5.24. The summed E-state index contributed by atoms with van der Waals surface area (Å²) >= 11 is 12.1. The molecule has 1 aromatic carbocycles. The van der Waals surface area contributed by atoms with Gasteiger partial charge in [0.05, 0.1) is 17.4 Å². The van der Waals surface area contributed by atoms with Crippen molar-refractivity contribution in [2.45, 2.75) is 25.4 Å². The number of benzene rings is 1. The number of hydrogen-bond acceptors (Lipinski definition) is 3. The van der Waals surface area contributed by atoms with Gasteiger partial charge in [-0.15, -0.1) is 0 Å². The fourth-order valence-electron chi connectivity index (χ4n) is 2.96. The van der Waals surface area contributed by atoms with Crippen molar-refractivity contribution < 1.29 is 18.3 Å². The van der Waals surface area contributed by atoms with E-state index in [2.05, 4.69) is 5.10 Å². The van der Waals surface area contributed by atoms with E-state index in [1.165, 1.54) is 18.8 Å². The summed E-state index contributed by atoms with van der Waals surface area (Å²) in [4.78, 5) is 11.8. The van der Waals surface area contributed by atoms with Gasteiger partial charge in [-0.2, -0.15) is 5.10 Å². The number of aromatic nitrogens is 2. The molecule has 1 aromatic heterocycles. The molecule has 2 N–H and O–H groups in total. The van der Waals surface area contributed by atoms with Gasteiger partial charge in [0.1, 0.15) is 5.69 Å². The van der Waals surface area contributed by atoms with Crippen LogP contribution in [-0.2, 0) is 11.8 Å². The van der Waals surface area contributed by atoms with Crippen LogP contribution in [0.1, 0.15) is 52.7 Å². The first-order valence-electron chi connectivity index (χ1n) is 7.31. The van der Waals surface area contributed by atoms with Crippen LogP contribution in [0.4, 0.5) is 8.78 Å². The van der Waals surface area contributed by atoms with Crippen molar-refractivity contribution in [1.29, 1.82) is 0 Å². The van der Waals surface area contributed by atoms with E-state index in [0.29, 0.717) is 15.6 Å². The predicted molar refractivity (Wildman–Crippen MR) is 91.3 cm³/mol. The van der Waals surface area contributed by atoms with Crippen LogP contribution >= 0.6 is 23.2 Å². The number of nitrogens with two attached hydrogens (primary N) is 1. The molecule has 0 aliphatic rings. The molecule has 9 heteroatoms. The lowest BCUT2D eigenvalue weighted by Gasteiger charge is -2.25. The number of methoxy groups -OCH3 is 1. The molecule has 1 unspecified atom stereocenters. The molecular formula is C16H17Cl2F2N3O2. The summed E-state index contributed by atoms with van der Waals surface area (Å²) < 4.78 is 33.2. The van der Waals surface area contributed by atoms with Crippen molar-refractivity contribution >= 4 is 29.1 Å². The Balaban J connectivity index is 2.58. The third-order valence-electron chi connectivity index (χ3n) is 3.98. The standard InChI is InChI=1S/C16H17Cl2F2N3O2/c1-7(14(25-3)9-5-4-8(17)6-10(9)18)13-11(16(21)24)12(15(19)20)22-23(13)2/h4-7,14-15H,1-3H3,(H2,21,24)/t7?,14-/m1/s1. The molecule has 0 saturated carbocycles. The summed E-state index contributed by atoms with van der Waals surface area (Å²) in [5, 5.41) is 4.57. The molecule has 1 heterocycles. The fraction of sp³-hybridized carbons (Fsp3) is 0.375. The van der Waals surface area contributed by atoms with Gasteiger partial charge in [-0.1, -0.05) is 36.2 Å². The number of alkyl halides is 2. The van der Waals surface area contributed by atoms with Crippen LogP contribution in [0.3, 0.4) is 0 Å². The topological polar surface area (TPSA) is 70.1 Å². The quantitative estimate of drug-likeness (QED) is 0.799. The minimum Gasteiger partial charge on any atom is -0.376 e. The molecule has 136 valence electrons. The van der Waals surface area contributed by atoms with E-state index in [-0.39, 0.29) is 11.3 Å². The lowest BCUT2D eigenvalue weighted by molar-refractivity contribution is 0.0805. The van der Waals surface area contributed by atoms with E-state index in [0.717, 1.165) is 0 Å². The zero-order chi connectivity index (χ0) is 18.9. The number of carbonyl (C=O) groups is 1. The normalized spacial score (nSPS) is 13.9. The molecule has 0 radical (unpaired) electrons. The largest absolute Gasteiger partial charge is 0.376 e. The van der Waals surface area contributed by atoms with Crippen LogP contribution in [0.15, 0.2) is 18.2 Å². The van der Waals surface area contributed by atoms with Gasteiger partial charge in [0.25, 0.3) is 12.3 Å². The van der Waals surface area contributed by atoms with E-state index in [9.17, 15) is 13.6 Å². The van der Waals surface area contributed by atoms with Crippen LogP contribution < -0.4 is 5.73 Å². The molecule has 2 atom stereocenters. The first-order valence-corrected chi connectivity index (χ1v) is 8.07. The first kappa shape index (κ1) is 19.6. The van der Waals surface area contributed by atoms with Gasteiger partial charge in [-0.25, -0.2) is 8.78 Å². The second-order valence-corrected chi connectivity index (χ2v) is 6.39. The van der Waals surface area contributed by atoms with Crippen molar-refractivity contribution in [3.63, 3.8) is 0 Å². The molecule has 1 amide bonds. The van der Waals surface area contributed by atoms with E-state index in [1.54, 1.807) is 25.1 Å². The van der Waals surface area contributed by atoms with E-state index >= 15 is 0 Å². The maximum atomic E-state index is 13.2. The van der Waals surface area contributed by atoms with Gasteiger partial charge in [0, 0.05) is 35.7 Å². The highest BCUT2D eigenvalue weighted by Crippen LogP contribution is 2.40. The van der Waals surface area contributed by atoms with Gasteiger partial charge in [-0.3, -0.25) is 9.48 Å². The number of rotatable bonds is 6. The molecule has 2 rings (SSSR count). The molecule has 2 aromatic rings. The Morgan fingerprint density at radius 1 is 1.36 bits per heavy atom. The van der Waals surface area contributed by atoms with Crippen molar-refractivity contribution in [3.8, 4) is 0 Å². The summed E-state index contributed by atoms with van der Waals surface area (Å²) in [5.74, 6) is -1.50. The Morgan fingerprint density at radius 3 is 2.48 bits per heavy atom. The van der Waals surface area contributed by atoms with Gasteiger partial charge >= 0.3 is 0 Å². The number of amides is 1. The average Bonchev–Trinajstić information content (AvgIpc) is 2.87. The lowest BCUT2D eigenvalue weighted by Crippen LogP contribution is -2.20. The lowest BCUT2D eigenvalue weighted by atomic mass is 9.91. The average molecular weight is 392 g/mol. The van der Waals surface area contributed by atoms with Crippen molar-refractivity contribution in [2.24, 2.45) is 12.8 Å². The molecule has 0 bridgehead atoms. The molecule has 0 saturated heterocycles. The van der Waals surface area contributed by atoms with E-state index in [4.69, 9.17) is 33.7 Å². The first-order chi connectivity index (χ1) is 11.7. The highest BCUT2D eigenvalue weighted by atomic mass is 35.5. The Labute approximate surface area is 153 Å². The fourth-order valence-corrected chi connectivity index (χ4v) is 3.48. The molecule has 0 fully saturated rings.